The summed E-state index contributed by atoms with van der Waals surface area (Å²) in [6.07, 6.45) is 0.901. The minimum absolute atomic E-state index is 0.0460. The number of ether oxygens (including phenoxy) is 1. The summed E-state index contributed by atoms with van der Waals surface area (Å²) in [5.74, 6) is -0.261. The predicted molar refractivity (Wildman–Crippen MR) is 33.2 cm³/mol. The normalized spacial score (nSPS) is 9.56. The summed E-state index contributed by atoms with van der Waals surface area (Å²) in [6.45, 7) is 2.18. The number of Topliss-reactive ketones (excluding diaryl/α,β-unsaturated/α-hetero) is 1. The van der Waals surface area contributed by atoms with Gasteiger partial charge in [0.15, 0.2) is 5.78 Å². The van der Waals surface area contributed by atoms with Gasteiger partial charge >= 0.3 is 0 Å². The first-order valence-electron chi connectivity index (χ1n) is 3.01. The molecule has 0 saturated carbocycles. The smallest absolute Gasteiger partial charge is 0.183 e. The summed E-state index contributed by atoms with van der Waals surface area (Å²) in [5.41, 5.74) is 0. The molecule has 0 amide bonds. The zero-order valence-corrected chi connectivity index (χ0v) is 5.59. The van der Waals surface area contributed by atoms with Crippen LogP contribution in [0.4, 0.5) is 0 Å². The van der Waals surface area contributed by atoms with Crippen molar-refractivity contribution >= 4 is 5.78 Å². The highest BCUT2D eigenvalue weighted by Crippen LogP contribution is 1.80. The molecule has 0 fully saturated rings. The maximum Gasteiger partial charge on any atom is 0.183 e. The number of rotatable bonds is 5. The van der Waals surface area contributed by atoms with Gasteiger partial charge in [-0.15, -0.1) is 0 Å². The molecule has 1 N–H and O–H groups in total. The number of hydrogen-bond acceptors (Lipinski definition) is 3. The lowest BCUT2D eigenvalue weighted by molar-refractivity contribution is -0.126. The molecule has 9 heavy (non-hydrogen) atoms. The second-order valence-electron chi connectivity index (χ2n) is 1.75. The van der Waals surface area contributed by atoms with Gasteiger partial charge in [0, 0.05) is 6.61 Å². The van der Waals surface area contributed by atoms with Gasteiger partial charge in [0.2, 0.25) is 0 Å². The summed E-state index contributed by atoms with van der Waals surface area (Å²) in [6, 6.07) is 0. The predicted octanol–water partition coefficient (Wildman–Crippen LogP) is -0.0256. The van der Waals surface area contributed by atoms with E-state index in [-0.39, 0.29) is 12.4 Å². The van der Waals surface area contributed by atoms with Crippen LogP contribution >= 0.6 is 0 Å². The standard InChI is InChI=1S/C6H12O3/c1-2-3-9-5-6(8)4-7/h7H,2-5H2,1H3. The topological polar surface area (TPSA) is 46.5 Å². The summed E-state index contributed by atoms with van der Waals surface area (Å²) in [5, 5.41) is 8.20. The number of carbonyl (C=O) groups excluding carboxylic acids is 1. The first kappa shape index (κ1) is 8.59. The third-order valence-electron chi connectivity index (χ3n) is 0.788. The van der Waals surface area contributed by atoms with Gasteiger partial charge in [-0.25, -0.2) is 0 Å². The number of carbonyl (C=O) groups is 1. The SMILES string of the molecule is CCCOCC(=O)CO. The highest BCUT2D eigenvalue weighted by Gasteiger charge is 1.96. The molecule has 3 heteroatoms. The van der Waals surface area contributed by atoms with Crippen LogP contribution in [0.2, 0.25) is 0 Å². The van der Waals surface area contributed by atoms with Gasteiger partial charge in [0.25, 0.3) is 0 Å². The van der Waals surface area contributed by atoms with Gasteiger partial charge in [0.1, 0.15) is 13.2 Å². The Hall–Kier alpha value is -0.410. The van der Waals surface area contributed by atoms with Gasteiger partial charge in [-0.05, 0) is 6.42 Å². The van der Waals surface area contributed by atoms with E-state index < -0.39 is 6.61 Å². The van der Waals surface area contributed by atoms with Gasteiger partial charge in [-0.1, -0.05) is 6.92 Å². The lowest BCUT2D eigenvalue weighted by Crippen LogP contribution is -2.12. The fourth-order valence-electron chi connectivity index (χ4n) is 0.376. The van der Waals surface area contributed by atoms with Crippen molar-refractivity contribution in [2.75, 3.05) is 19.8 Å². The zero-order chi connectivity index (χ0) is 7.11. The molecule has 3 nitrogen and oxygen atoms in total. The Bertz CT molecular complexity index is 80.4. The summed E-state index contributed by atoms with van der Waals surface area (Å²) in [4.78, 5) is 10.3. The van der Waals surface area contributed by atoms with Crippen LogP contribution in [0.15, 0.2) is 0 Å². The van der Waals surface area contributed by atoms with Crippen molar-refractivity contribution < 1.29 is 14.6 Å². The Labute approximate surface area is 54.6 Å². The van der Waals surface area contributed by atoms with Gasteiger partial charge in [0.05, 0.1) is 0 Å². The van der Waals surface area contributed by atoms with Crippen LogP contribution in [0.25, 0.3) is 0 Å². The molecule has 0 aromatic rings. The molecule has 0 aliphatic rings. The molecule has 0 bridgehead atoms. The summed E-state index contributed by atoms with van der Waals surface area (Å²) in [7, 11) is 0. The van der Waals surface area contributed by atoms with E-state index in [0.717, 1.165) is 6.42 Å². The molecule has 0 rings (SSSR count). The molecule has 0 unspecified atom stereocenters. The Balaban J connectivity index is 2.97. The molecule has 0 heterocycles. The molecular formula is C6H12O3. The zero-order valence-electron chi connectivity index (χ0n) is 5.59. The van der Waals surface area contributed by atoms with E-state index in [0.29, 0.717) is 6.61 Å². The van der Waals surface area contributed by atoms with Crippen molar-refractivity contribution in [1.29, 1.82) is 0 Å². The molecule has 0 spiro atoms. The highest BCUT2D eigenvalue weighted by atomic mass is 16.5. The Morgan fingerprint density at radius 2 is 2.33 bits per heavy atom. The van der Waals surface area contributed by atoms with Crippen LogP contribution < -0.4 is 0 Å². The van der Waals surface area contributed by atoms with Crippen LogP contribution in [-0.4, -0.2) is 30.7 Å². The lowest BCUT2D eigenvalue weighted by Gasteiger charge is -1.97. The largest absolute Gasteiger partial charge is 0.388 e. The molecular weight excluding hydrogens is 120 g/mol. The number of aliphatic hydroxyl groups is 1. The van der Waals surface area contributed by atoms with E-state index in [1.54, 1.807) is 0 Å². The van der Waals surface area contributed by atoms with Crippen LogP contribution in [0.1, 0.15) is 13.3 Å². The molecule has 0 aliphatic carbocycles. The third-order valence-corrected chi connectivity index (χ3v) is 0.788. The quantitative estimate of drug-likeness (QED) is 0.534. The Morgan fingerprint density at radius 1 is 1.67 bits per heavy atom. The highest BCUT2D eigenvalue weighted by molar-refractivity contribution is 5.80. The number of ketones is 1. The number of hydrogen-bond donors (Lipinski definition) is 1. The van der Waals surface area contributed by atoms with E-state index in [4.69, 9.17) is 9.84 Å². The second kappa shape index (κ2) is 5.72. The second-order valence-corrected chi connectivity index (χ2v) is 1.75. The van der Waals surface area contributed by atoms with Crippen molar-refractivity contribution in [1.82, 2.24) is 0 Å². The number of aliphatic hydroxyl groups excluding tert-OH is 1. The minimum Gasteiger partial charge on any atom is -0.388 e. The first-order valence-corrected chi connectivity index (χ1v) is 3.01. The van der Waals surface area contributed by atoms with Crippen LogP contribution in [0.3, 0.4) is 0 Å². The molecule has 0 aromatic carbocycles. The molecule has 0 aliphatic heterocycles. The van der Waals surface area contributed by atoms with E-state index in [2.05, 4.69) is 0 Å². The molecule has 0 radical (unpaired) electrons. The lowest BCUT2D eigenvalue weighted by atomic mass is 10.4. The van der Waals surface area contributed by atoms with E-state index in [1.165, 1.54) is 0 Å². The van der Waals surface area contributed by atoms with Gasteiger partial charge in [-0.3, -0.25) is 4.79 Å². The van der Waals surface area contributed by atoms with Crippen LogP contribution in [0.5, 0.6) is 0 Å². The average Bonchev–Trinajstić information content (AvgIpc) is 1.89. The van der Waals surface area contributed by atoms with Crippen LogP contribution in [-0.2, 0) is 9.53 Å². The van der Waals surface area contributed by atoms with Gasteiger partial charge in [-0.2, -0.15) is 0 Å². The minimum atomic E-state index is -0.413. The summed E-state index contributed by atoms with van der Waals surface area (Å²) >= 11 is 0. The van der Waals surface area contributed by atoms with Crippen molar-refractivity contribution in [3.8, 4) is 0 Å². The van der Waals surface area contributed by atoms with E-state index >= 15 is 0 Å². The summed E-state index contributed by atoms with van der Waals surface area (Å²) < 4.78 is 4.83. The van der Waals surface area contributed by atoms with Crippen LogP contribution in [0, 0.1) is 0 Å². The molecule has 0 atom stereocenters. The fraction of sp³-hybridized carbons (Fsp3) is 0.833. The van der Waals surface area contributed by atoms with E-state index in [9.17, 15) is 4.79 Å². The first-order chi connectivity index (χ1) is 4.31. The van der Waals surface area contributed by atoms with Crippen molar-refractivity contribution in [2.45, 2.75) is 13.3 Å². The fourth-order valence-corrected chi connectivity index (χ4v) is 0.376. The Kier molecular flexibility index (Phi) is 5.46. The molecule has 54 valence electrons. The molecule has 0 aromatic heterocycles. The maximum atomic E-state index is 10.3. The monoisotopic (exact) mass is 132 g/mol. The van der Waals surface area contributed by atoms with Crippen molar-refractivity contribution in [3.63, 3.8) is 0 Å². The third kappa shape index (κ3) is 5.46. The molecule has 0 saturated heterocycles. The van der Waals surface area contributed by atoms with E-state index in [1.807, 2.05) is 6.92 Å². The van der Waals surface area contributed by atoms with Gasteiger partial charge < -0.3 is 9.84 Å². The Morgan fingerprint density at radius 3 is 2.78 bits per heavy atom. The van der Waals surface area contributed by atoms with Crippen molar-refractivity contribution in [2.24, 2.45) is 0 Å². The van der Waals surface area contributed by atoms with Crippen molar-refractivity contribution in [3.05, 3.63) is 0 Å². The average molecular weight is 132 g/mol. The maximum absolute atomic E-state index is 10.3.